The SMILES string of the molecule is COc1ccc(-n2cc(-c3ccccc3)c3c(SC)ncnc32)cc1. The van der Waals surface area contributed by atoms with Gasteiger partial charge in [-0.3, -0.25) is 0 Å². The van der Waals surface area contributed by atoms with Gasteiger partial charge in [-0.1, -0.05) is 30.3 Å². The van der Waals surface area contributed by atoms with E-state index in [4.69, 9.17) is 4.74 Å². The molecule has 0 N–H and O–H groups in total. The first-order valence-electron chi connectivity index (χ1n) is 7.91. The molecule has 2 aromatic carbocycles. The van der Waals surface area contributed by atoms with Gasteiger partial charge in [-0.25, -0.2) is 9.97 Å². The average molecular weight is 347 g/mol. The van der Waals surface area contributed by atoms with Crippen molar-refractivity contribution in [2.24, 2.45) is 0 Å². The largest absolute Gasteiger partial charge is 0.497 e. The maximum atomic E-state index is 5.27. The van der Waals surface area contributed by atoms with Crippen LogP contribution in [0.15, 0.2) is 72.1 Å². The van der Waals surface area contributed by atoms with Gasteiger partial charge in [-0.05, 0) is 36.1 Å². The van der Waals surface area contributed by atoms with Gasteiger partial charge >= 0.3 is 0 Å². The summed E-state index contributed by atoms with van der Waals surface area (Å²) < 4.78 is 7.37. The number of hydrogen-bond acceptors (Lipinski definition) is 4. The zero-order chi connectivity index (χ0) is 17.2. The highest BCUT2D eigenvalue weighted by Gasteiger charge is 2.16. The Morgan fingerprint density at radius 1 is 0.960 bits per heavy atom. The summed E-state index contributed by atoms with van der Waals surface area (Å²) in [4.78, 5) is 9.03. The van der Waals surface area contributed by atoms with Crippen LogP contribution < -0.4 is 4.74 Å². The van der Waals surface area contributed by atoms with Crippen molar-refractivity contribution in [2.75, 3.05) is 13.4 Å². The maximum absolute atomic E-state index is 5.27. The van der Waals surface area contributed by atoms with Crippen molar-refractivity contribution in [3.05, 3.63) is 67.1 Å². The number of nitrogens with zero attached hydrogens (tertiary/aromatic N) is 3. The summed E-state index contributed by atoms with van der Waals surface area (Å²) in [5.41, 5.74) is 4.24. The molecule has 25 heavy (non-hydrogen) atoms. The summed E-state index contributed by atoms with van der Waals surface area (Å²) in [5, 5.41) is 2.06. The Morgan fingerprint density at radius 2 is 1.72 bits per heavy atom. The number of hydrogen-bond donors (Lipinski definition) is 0. The molecule has 0 saturated heterocycles. The fraction of sp³-hybridized carbons (Fsp3) is 0.100. The number of aromatic nitrogens is 3. The molecule has 0 unspecified atom stereocenters. The van der Waals surface area contributed by atoms with Crippen molar-refractivity contribution in [2.45, 2.75) is 5.03 Å². The third-order valence-electron chi connectivity index (χ3n) is 4.18. The summed E-state index contributed by atoms with van der Waals surface area (Å²) in [6, 6.07) is 18.3. The van der Waals surface area contributed by atoms with Crippen LogP contribution in [-0.4, -0.2) is 27.9 Å². The summed E-state index contributed by atoms with van der Waals surface area (Å²) in [6.07, 6.45) is 5.81. The smallest absolute Gasteiger partial charge is 0.149 e. The molecule has 0 amide bonds. The van der Waals surface area contributed by atoms with Gasteiger partial charge in [-0.2, -0.15) is 0 Å². The molecule has 5 heteroatoms. The van der Waals surface area contributed by atoms with E-state index in [2.05, 4.69) is 45.0 Å². The molecule has 4 aromatic rings. The lowest BCUT2D eigenvalue weighted by atomic mass is 10.1. The van der Waals surface area contributed by atoms with Crippen LogP contribution in [0, 0.1) is 0 Å². The van der Waals surface area contributed by atoms with E-state index >= 15 is 0 Å². The first-order chi connectivity index (χ1) is 12.3. The second-order valence-corrected chi connectivity index (χ2v) is 6.35. The minimum absolute atomic E-state index is 0.836. The van der Waals surface area contributed by atoms with E-state index in [1.807, 2.05) is 36.6 Å². The first-order valence-corrected chi connectivity index (χ1v) is 9.14. The van der Waals surface area contributed by atoms with Crippen LogP contribution in [-0.2, 0) is 0 Å². The molecule has 2 heterocycles. The van der Waals surface area contributed by atoms with Gasteiger partial charge in [0, 0.05) is 17.4 Å². The van der Waals surface area contributed by atoms with Gasteiger partial charge < -0.3 is 9.30 Å². The molecule has 4 nitrogen and oxygen atoms in total. The molecule has 0 aliphatic rings. The van der Waals surface area contributed by atoms with Gasteiger partial charge in [0.2, 0.25) is 0 Å². The molecule has 0 aliphatic heterocycles. The number of rotatable bonds is 4. The monoisotopic (exact) mass is 347 g/mol. The molecular weight excluding hydrogens is 330 g/mol. The zero-order valence-corrected chi connectivity index (χ0v) is 14.8. The number of benzene rings is 2. The molecule has 2 aromatic heterocycles. The van der Waals surface area contributed by atoms with Gasteiger partial charge in [0.25, 0.3) is 0 Å². The summed E-state index contributed by atoms with van der Waals surface area (Å²) in [7, 11) is 1.67. The van der Waals surface area contributed by atoms with Gasteiger partial charge in [0.05, 0.1) is 12.5 Å². The second kappa shape index (κ2) is 6.61. The molecule has 0 spiro atoms. The van der Waals surface area contributed by atoms with E-state index < -0.39 is 0 Å². The lowest BCUT2D eigenvalue weighted by Crippen LogP contribution is -1.95. The predicted molar refractivity (Wildman–Crippen MR) is 103 cm³/mol. The molecule has 4 rings (SSSR count). The number of fused-ring (bicyclic) bond motifs is 1. The average Bonchev–Trinajstić information content (AvgIpc) is 3.08. The van der Waals surface area contributed by atoms with E-state index in [-0.39, 0.29) is 0 Å². The van der Waals surface area contributed by atoms with Crippen LogP contribution in [0.3, 0.4) is 0 Å². The van der Waals surface area contributed by atoms with E-state index in [1.165, 1.54) is 0 Å². The molecule has 0 aliphatic carbocycles. The van der Waals surface area contributed by atoms with Crippen LogP contribution in [0.1, 0.15) is 0 Å². The van der Waals surface area contributed by atoms with Crippen molar-refractivity contribution < 1.29 is 4.74 Å². The third kappa shape index (κ3) is 2.76. The first kappa shape index (κ1) is 15.7. The van der Waals surface area contributed by atoms with Gasteiger partial charge in [-0.15, -0.1) is 11.8 Å². The zero-order valence-electron chi connectivity index (χ0n) is 14.0. The van der Waals surface area contributed by atoms with Crippen molar-refractivity contribution in [1.82, 2.24) is 14.5 Å². The minimum Gasteiger partial charge on any atom is -0.497 e. The Labute approximate surface area is 150 Å². The quantitative estimate of drug-likeness (QED) is 0.392. The van der Waals surface area contributed by atoms with Crippen LogP contribution in [0.25, 0.3) is 27.8 Å². The van der Waals surface area contributed by atoms with Crippen molar-refractivity contribution >= 4 is 22.8 Å². The number of methoxy groups -OCH3 is 1. The van der Waals surface area contributed by atoms with Crippen molar-refractivity contribution in [1.29, 1.82) is 0 Å². The van der Waals surface area contributed by atoms with Crippen molar-refractivity contribution in [3.63, 3.8) is 0 Å². The highest BCUT2D eigenvalue weighted by Crippen LogP contribution is 2.36. The van der Waals surface area contributed by atoms with Crippen molar-refractivity contribution in [3.8, 4) is 22.6 Å². The highest BCUT2D eigenvalue weighted by atomic mass is 32.2. The fourth-order valence-electron chi connectivity index (χ4n) is 2.96. The fourth-order valence-corrected chi connectivity index (χ4v) is 3.52. The van der Waals surface area contributed by atoms with Gasteiger partial charge in [0.1, 0.15) is 22.7 Å². The summed E-state index contributed by atoms with van der Waals surface area (Å²) in [5.74, 6) is 0.836. The third-order valence-corrected chi connectivity index (χ3v) is 4.87. The Hall–Kier alpha value is -2.79. The number of thioether (sulfide) groups is 1. The topological polar surface area (TPSA) is 39.9 Å². The normalized spacial score (nSPS) is 11.0. The van der Waals surface area contributed by atoms with E-state index in [0.717, 1.165) is 38.6 Å². The lowest BCUT2D eigenvalue weighted by molar-refractivity contribution is 0.415. The molecule has 0 radical (unpaired) electrons. The van der Waals surface area contributed by atoms with Crippen LogP contribution in [0.2, 0.25) is 0 Å². The molecular formula is C20H17N3OS. The second-order valence-electron chi connectivity index (χ2n) is 5.56. The Balaban J connectivity index is 1.99. The molecule has 0 bridgehead atoms. The molecule has 124 valence electrons. The minimum atomic E-state index is 0.836. The van der Waals surface area contributed by atoms with E-state index in [9.17, 15) is 0 Å². The standard InChI is InChI=1S/C20H17N3OS/c1-24-16-10-8-15(9-11-16)23-12-17(14-6-4-3-5-7-14)18-19(23)21-13-22-20(18)25-2/h3-13H,1-2H3. The lowest BCUT2D eigenvalue weighted by Gasteiger charge is -2.06. The van der Waals surface area contributed by atoms with E-state index in [0.29, 0.717) is 0 Å². The predicted octanol–water partition coefficient (Wildman–Crippen LogP) is 4.82. The van der Waals surface area contributed by atoms with Crippen LogP contribution in [0.5, 0.6) is 5.75 Å². The molecule has 0 saturated carbocycles. The van der Waals surface area contributed by atoms with Gasteiger partial charge in [0.15, 0.2) is 0 Å². The summed E-state index contributed by atoms with van der Waals surface area (Å²) >= 11 is 1.64. The maximum Gasteiger partial charge on any atom is 0.149 e. The Kier molecular flexibility index (Phi) is 4.15. The summed E-state index contributed by atoms with van der Waals surface area (Å²) in [6.45, 7) is 0. The highest BCUT2D eigenvalue weighted by molar-refractivity contribution is 7.98. The number of ether oxygens (including phenoxy) is 1. The Bertz CT molecular complexity index is 1010. The molecule has 0 fully saturated rings. The van der Waals surface area contributed by atoms with Crippen LogP contribution in [0.4, 0.5) is 0 Å². The molecule has 0 atom stereocenters. The van der Waals surface area contributed by atoms with E-state index in [1.54, 1.807) is 25.2 Å². The Morgan fingerprint density at radius 3 is 2.40 bits per heavy atom. The van der Waals surface area contributed by atoms with Crippen LogP contribution >= 0.6 is 11.8 Å².